The van der Waals surface area contributed by atoms with Crippen LogP contribution in [0.5, 0.6) is 0 Å². The van der Waals surface area contributed by atoms with Gasteiger partial charge in [0.05, 0.1) is 5.57 Å². The Bertz CT molecular complexity index is 138. The van der Waals surface area contributed by atoms with Crippen LogP contribution in [0.3, 0.4) is 0 Å². The summed E-state index contributed by atoms with van der Waals surface area (Å²) in [6.45, 7) is 3.56. The highest BCUT2D eigenvalue weighted by molar-refractivity contribution is 6.27. The summed E-state index contributed by atoms with van der Waals surface area (Å²) in [6, 6.07) is 0. The first kappa shape index (κ1) is 8.50. The minimum absolute atomic E-state index is 0.0139. The van der Waals surface area contributed by atoms with Gasteiger partial charge in [-0.2, -0.15) is 0 Å². The van der Waals surface area contributed by atoms with E-state index in [1.165, 1.54) is 0 Å². The molecule has 0 unspecified atom stereocenters. The second kappa shape index (κ2) is 3.51. The van der Waals surface area contributed by atoms with E-state index in [2.05, 4.69) is 0 Å². The number of halogens is 1. The van der Waals surface area contributed by atoms with Crippen LogP contribution in [-0.2, 0) is 4.79 Å². The summed E-state index contributed by atoms with van der Waals surface area (Å²) in [4.78, 5) is 10.2. The zero-order valence-electron chi connectivity index (χ0n) is 5.39. The van der Waals surface area contributed by atoms with Crippen LogP contribution >= 0.6 is 11.6 Å². The van der Waals surface area contributed by atoms with Crippen LogP contribution in [0.2, 0.25) is 0 Å². The third kappa shape index (κ3) is 2.51. The molecule has 0 aliphatic heterocycles. The Morgan fingerprint density at radius 2 is 2.11 bits per heavy atom. The molecule has 0 spiro atoms. The molecule has 0 amide bonds. The highest BCUT2D eigenvalue weighted by atomic mass is 35.5. The molecule has 0 saturated carbocycles. The maximum absolute atomic E-state index is 10.2. The Hall–Kier alpha value is -0.500. The molecule has 0 heterocycles. The van der Waals surface area contributed by atoms with Crippen molar-refractivity contribution in [3.8, 4) is 0 Å². The first-order valence-electron chi connectivity index (χ1n) is 2.63. The van der Waals surface area contributed by atoms with Gasteiger partial charge in [0.1, 0.15) is 0 Å². The van der Waals surface area contributed by atoms with Gasteiger partial charge in [0, 0.05) is 5.54 Å². The van der Waals surface area contributed by atoms with Gasteiger partial charge in [-0.15, -0.1) is 0 Å². The second-order valence-corrected chi connectivity index (χ2v) is 2.24. The molecule has 0 bridgehead atoms. The average Bonchev–Trinajstić information content (AvgIpc) is 1.64. The van der Waals surface area contributed by atoms with Gasteiger partial charge in [-0.25, -0.2) is 4.79 Å². The predicted molar refractivity (Wildman–Crippen MR) is 36.4 cm³/mol. The molecule has 1 N–H and O–H groups in total. The number of hydrogen-bond donors (Lipinski definition) is 1. The third-order valence-corrected chi connectivity index (χ3v) is 1.22. The molecule has 0 aliphatic rings. The van der Waals surface area contributed by atoms with Crippen LogP contribution in [0, 0.1) is 5.92 Å². The second-order valence-electron chi connectivity index (χ2n) is 2.02. The summed E-state index contributed by atoms with van der Waals surface area (Å²) >= 11 is 5.21. The van der Waals surface area contributed by atoms with Crippen LogP contribution in [0.15, 0.2) is 11.1 Å². The molecule has 0 fully saturated rings. The largest absolute Gasteiger partial charge is 0.478 e. The lowest BCUT2D eigenvalue weighted by Crippen LogP contribution is -2.05. The van der Waals surface area contributed by atoms with Crippen LogP contribution in [0.25, 0.3) is 0 Å². The summed E-state index contributed by atoms with van der Waals surface area (Å²) in [5, 5.41) is 8.39. The van der Waals surface area contributed by atoms with E-state index in [1.54, 1.807) is 13.8 Å². The molecule has 9 heavy (non-hydrogen) atoms. The third-order valence-electron chi connectivity index (χ3n) is 0.987. The molecule has 0 rings (SSSR count). The van der Waals surface area contributed by atoms with E-state index in [0.717, 1.165) is 5.54 Å². The monoisotopic (exact) mass is 148 g/mol. The maximum atomic E-state index is 10.2. The molecule has 0 radical (unpaired) electrons. The molecule has 0 aromatic rings. The van der Waals surface area contributed by atoms with Gasteiger partial charge in [0.25, 0.3) is 0 Å². The number of hydrogen-bond acceptors (Lipinski definition) is 1. The first-order chi connectivity index (χ1) is 4.09. The van der Waals surface area contributed by atoms with Crippen molar-refractivity contribution in [2.75, 3.05) is 0 Å². The highest BCUT2D eigenvalue weighted by Crippen LogP contribution is 2.09. The summed E-state index contributed by atoms with van der Waals surface area (Å²) in [5.41, 5.74) is 1.35. The minimum Gasteiger partial charge on any atom is -0.478 e. The molecule has 2 nitrogen and oxygen atoms in total. The Balaban J connectivity index is 4.19. The van der Waals surface area contributed by atoms with Crippen LogP contribution in [0.4, 0.5) is 0 Å². The zero-order chi connectivity index (χ0) is 7.44. The first-order valence-corrected chi connectivity index (χ1v) is 3.06. The molecule has 0 aromatic carbocycles. The van der Waals surface area contributed by atoms with Crippen molar-refractivity contribution in [3.63, 3.8) is 0 Å². The zero-order valence-corrected chi connectivity index (χ0v) is 6.14. The van der Waals surface area contributed by atoms with Crippen LogP contribution < -0.4 is 0 Å². The average molecular weight is 149 g/mol. The topological polar surface area (TPSA) is 37.3 Å². The summed E-state index contributed by atoms with van der Waals surface area (Å²) in [6.07, 6.45) is 0. The van der Waals surface area contributed by atoms with Crippen LogP contribution in [0.1, 0.15) is 13.8 Å². The van der Waals surface area contributed by atoms with Crippen molar-refractivity contribution in [2.45, 2.75) is 13.8 Å². The lowest BCUT2D eigenvalue weighted by atomic mass is 10.1. The minimum atomic E-state index is -0.944. The van der Waals surface area contributed by atoms with Crippen molar-refractivity contribution >= 4 is 17.6 Å². The van der Waals surface area contributed by atoms with Gasteiger partial charge in [-0.3, -0.25) is 0 Å². The van der Waals surface area contributed by atoms with Gasteiger partial charge in [0.2, 0.25) is 0 Å². The van der Waals surface area contributed by atoms with Gasteiger partial charge in [-0.1, -0.05) is 25.4 Å². The van der Waals surface area contributed by atoms with Crippen molar-refractivity contribution < 1.29 is 9.90 Å². The Labute approximate surface area is 59.1 Å². The van der Waals surface area contributed by atoms with E-state index in [-0.39, 0.29) is 11.5 Å². The van der Waals surface area contributed by atoms with Crippen molar-refractivity contribution in [2.24, 2.45) is 5.92 Å². The normalized spacial score (nSPS) is 12.2. The molecule has 0 aliphatic carbocycles. The summed E-state index contributed by atoms with van der Waals surface area (Å²) in [7, 11) is 0. The maximum Gasteiger partial charge on any atom is 0.332 e. The number of carbonyl (C=O) groups is 1. The van der Waals surface area contributed by atoms with Crippen LogP contribution in [-0.4, -0.2) is 11.1 Å². The van der Waals surface area contributed by atoms with Gasteiger partial charge in [0.15, 0.2) is 0 Å². The van der Waals surface area contributed by atoms with E-state index in [1.807, 2.05) is 0 Å². The number of rotatable bonds is 2. The number of carboxylic acid groups (broad SMARTS) is 1. The molecule has 52 valence electrons. The summed E-state index contributed by atoms with van der Waals surface area (Å²) < 4.78 is 0. The Morgan fingerprint density at radius 3 is 2.11 bits per heavy atom. The lowest BCUT2D eigenvalue weighted by molar-refractivity contribution is -0.133. The van der Waals surface area contributed by atoms with Gasteiger partial charge < -0.3 is 5.11 Å². The smallest absolute Gasteiger partial charge is 0.332 e. The lowest BCUT2D eigenvalue weighted by Gasteiger charge is -2.01. The molecule has 0 aromatic heterocycles. The van der Waals surface area contributed by atoms with Crippen molar-refractivity contribution in [1.29, 1.82) is 0 Å². The van der Waals surface area contributed by atoms with E-state index < -0.39 is 5.97 Å². The van der Waals surface area contributed by atoms with E-state index in [4.69, 9.17) is 16.7 Å². The molecule has 3 heteroatoms. The summed E-state index contributed by atoms with van der Waals surface area (Å²) in [5.74, 6) is -0.958. The van der Waals surface area contributed by atoms with E-state index in [0.29, 0.717) is 0 Å². The van der Waals surface area contributed by atoms with Crippen molar-refractivity contribution in [1.82, 2.24) is 0 Å². The number of aliphatic carboxylic acids is 1. The Kier molecular flexibility index (Phi) is 3.32. The van der Waals surface area contributed by atoms with Gasteiger partial charge in [-0.05, 0) is 5.92 Å². The fraction of sp³-hybridized carbons (Fsp3) is 0.500. The van der Waals surface area contributed by atoms with Gasteiger partial charge >= 0.3 is 5.97 Å². The molecular weight excluding hydrogens is 140 g/mol. The number of carboxylic acids is 1. The SMILES string of the molecule is CC(C)/C(=C/Cl)C(=O)O. The molecular formula is C6H9ClO2. The van der Waals surface area contributed by atoms with E-state index in [9.17, 15) is 4.79 Å². The standard InChI is InChI=1S/C6H9ClO2/c1-4(2)5(3-7)6(8)9/h3-4H,1-2H3,(H,8,9)/b5-3-. The van der Waals surface area contributed by atoms with Crippen molar-refractivity contribution in [3.05, 3.63) is 11.1 Å². The highest BCUT2D eigenvalue weighted by Gasteiger charge is 2.09. The molecule has 0 saturated heterocycles. The quantitative estimate of drug-likeness (QED) is 0.607. The Morgan fingerprint density at radius 1 is 1.67 bits per heavy atom. The fourth-order valence-electron chi connectivity index (χ4n) is 0.420. The molecule has 0 atom stereocenters. The fourth-order valence-corrected chi connectivity index (χ4v) is 0.765. The predicted octanol–water partition coefficient (Wildman–Crippen LogP) is 1.85. The van der Waals surface area contributed by atoms with E-state index >= 15 is 0 Å².